The summed E-state index contributed by atoms with van der Waals surface area (Å²) < 4.78 is 0. The fraction of sp³-hybridized carbons (Fsp3) is 0. The summed E-state index contributed by atoms with van der Waals surface area (Å²) in [5.74, 6) is 3.79. The molecule has 0 aliphatic heterocycles. The fourth-order valence-electron chi connectivity index (χ4n) is 16.5. The lowest BCUT2D eigenvalue weighted by Crippen LogP contribution is -2.00. The molecule has 0 aliphatic carbocycles. The molecule has 4 aromatic heterocycles. The van der Waals surface area contributed by atoms with Gasteiger partial charge >= 0.3 is 0 Å². The molecule has 4 heterocycles. The molecule has 0 atom stereocenters. The van der Waals surface area contributed by atoms with Crippen molar-refractivity contribution in [1.29, 1.82) is 0 Å². The Labute approximate surface area is 694 Å². The topological polar surface area (TPSA) is 103 Å². The average Bonchev–Trinajstić information content (AvgIpc) is 0.745. The molecule has 0 saturated heterocycles. The van der Waals surface area contributed by atoms with Crippen LogP contribution in [0.5, 0.6) is 0 Å². The molecule has 0 spiro atoms. The first kappa shape index (κ1) is 71.6. The third-order valence-corrected chi connectivity index (χ3v) is 22.6. The maximum atomic E-state index is 5.31. The zero-order valence-corrected chi connectivity index (χ0v) is 65.1. The van der Waals surface area contributed by atoms with Crippen LogP contribution in [0.3, 0.4) is 0 Å². The van der Waals surface area contributed by atoms with E-state index < -0.39 is 0 Å². The highest BCUT2D eigenvalue weighted by Gasteiger charge is 2.20. The maximum absolute atomic E-state index is 5.31. The molecule has 120 heavy (non-hydrogen) atoms. The van der Waals surface area contributed by atoms with Crippen molar-refractivity contribution in [2.75, 3.05) is 0 Å². The van der Waals surface area contributed by atoms with E-state index >= 15 is 0 Å². The quantitative estimate of drug-likeness (QED) is 0.0992. The van der Waals surface area contributed by atoms with E-state index in [9.17, 15) is 0 Å². The van der Waals surface area contributed by atoms with Gasteiger partial charge in [-0.05, 0) is 153 Å². The summed E-state index contributed by atoms with van der Waals surface area (Å²) in [6.45, 7) is 0. The number of nitrogens with zero attached hydrogens (tertiary/aromatic N) is 8. The van der Waals surface area contributed by atoms with Crippen molar-refractivity contribution in [1.82, 2.24) is 39.9 Å². The molecule has 560 valence electrons. The van der Waals surface area contributed by atoms with E-state index in [4.69, 9.17) is 39.9 Å². The van der Waals surface area contributed by atoms with Crippen LogP contribution in [0, 0.1) is 0 Å². The summed E-state index contributed by atoms with van der Waals surface area (Å²) in [5, 5.41) is 12.0. The molecule has 0 fully saturated rings. The standard InChI is InChI=1S/2C56H36N4/c1-3-12-37(13-4-1)38-24-26-41(27-25-38)55-58-54(40-15-5-2-6-16-40)59-56(60-55)48-22-11-20-45(34-48)43-18-9-17-42(32-43)44-19-10-21-46(33-44)49-35-47-29-30-51-50-23-8-7-14-39(50)28-31-52(51)53(47)57-36-49;1-3-14-37(15-4-1)38-28-30-41(31-29-38)55-58-54(40-17-5-2-6-18-40)59-56(60-55)47-24-13-22-45(36-47)43-20-11-19-42(34-43)44-21-12-23-46(35-44)53-52-48-25-8-7-16-39(48)32-33-50(52)49-26-9-10-27-51(49)57-53/h2*1-36H. The van der Waals surface area contributed by atoms with Crippen molar-refractivity contribution in [2.45, 2.75) is 0 Å². The molecule has 0 saturated carbocycles. The van der Waals surface area contributed by atoms with Gasteiger partial charge in [0.15, 0.2) is 34.9 Å². The van der Waals surface area contributed by atoms with Crippen molar-refractivity contribution >= 4 is 64.9 Å². The minimum absolute atomic E-state index is 0.624. The van der Waals surface area contributed by atoms with Gasteiger partial charge in [0.25, 0.3) is 0 Å². The van der Waals surface area contributed by atoms with Crippen molar-refractivity contribution in [3.63, 3.8) is 0 Å². The summed E-state index contributed by atoms with van der Waals surface area (Å²) in [6.07, 6.45) is 2.01. The van der Waals surface area contributed by atoms with E-state index in [1.165, 1.54) is 54.2 Å². The monoisotopic (exact) mass is 1530 g/mol. The summed E-state index contributed by atoms with van der Waals surface area (Å²) in [7, 11) is 0. The number of hydrogen-bond donors (Lipinski definition) is 0. The first-order chi connectivity index (χ1) is 59.4. The van der Waals surface area contributed by atoms with Crippen LogP contribution in [0.4, 0.5) is 0 Å². The number of fused-ring (bicyclic) bond motifs is 10. The van der Waals surface area contributed by atoms with Crippen molar-refractivity contribution in [2.24, 2.45) is 0 Å². The Morgan fingerprint density at radius 1 is 0.142 bits per heavy atom. The fourth-order valence-corrected chi connectivity index (χ4v) is 16.5. The van der Waals surface area contributed by atoms with Gasteiger partial charge in [-0.15, -0.1) is 0 Å². The molecule has 0 radical (unpaired) electrons. The normalized spacial score (nSPS) is 11.3. The largest absolute Gasteiger partial charge is 0.255 e. The number of pyridine rings is 2. The highest BCUT2D eigenvalue weighted by atomic mass is 15.0. The second kappa shape index (κ2) is 31.6. The second-order valence-electron chi connectivity index (χ2n) is 30.1. The lowest BCUT2D eigenvalue weighted by Gasteiger charge is -2.14. The molecule has 0 bridgehead atoms. The zero-order chi connectivity index (χ0) is 79.7. The Balaban J connectivity index is 0.000000148. The molecule has 8 heteroatoms. The molecule has 22 aromatic rings. The Morgan fingerprint density at radius 3 is 0.892 bits per heavy atom. The first-order valence-electron chi connectivity index (χ1n) is 40.4. The molecular weight excluding hydrogens is 1460 g/mol. The summed E-state index contributed by atoms with van der Waals surface area (Å²) in [6, 6.07) is 151. The van der Waals surface area contributed by atoms with Gasteiger partial charge in [0.2, 0.25) is 0 Å². The summed E-state index contributed by atoms with van der Waals surface area (Å²) in [5.41, 5.74) is 25.4. The molecule has 0 unspecified atom stereocenters. The van der Waals surface area contributed by atoms with Crippen molar-refractivity contribution < 1.29 is 0 Å². The summed E-state index contributed by atoms with van der Waals surface area (Å²) in [4.78, 5) is 40.5. The van der Waals surface area contributed by atoms with Crippen LogP contribution in [0.2, 0.25) is 0 Å². The first-order valence-corrected chi connectivity index (χ1v) is 40.4. The molecule has 22 rings (SSSR count). The number of rotatable bonds is 14. The van der Waals surface area contributed by atoms with Gasteiger partial charge in [-0.25, -0.2) is 34.9 Å². The smallest absolute Gasteiger partial charge is 0.164 e. The molecule has 0 N–H and O–H groups in total. The van der Waals surface area contributed by atoms with Crippen LogP contribution in [-0.4, -0.2) is 39.9 Å². The highest BCUT2D eigenvalue weighted by Crippen LogP contribution is 2.42. The lowest BCUT2D eigenvalue weighted by atomic mass is 9.93. The number of para-hydroxylation sites is 1. The lowest BCUT2D eigenvalue weighted by molar-refractivity contribution is 1.07. The minimum Gasteiger partial charge on any atom is -0.255 e. The van der Waals surface area contributed by atoms with Crippen LogP contribution >= 0.6 is 0 Å². The molecule has 18 aromatic carbocycles. The Hall–Kier alpha value is -16.2. The van der Waals surface area contributed by atoms with E-state index in [1.807, 2.05) is 79.0 Å². The Morgan fingerprint density at radius 2 is 0.433 bits per heavy atom. The average molecular weight is 1530 g/mol. The van der Waals surface area contributed by atoms with Gasteiger partial charge < -0.3 is 0 Å². The van der Waals surface area contributed by atoms with E-state index in [2.05, 4.69) is 358 Å². The summed E-state index contributed by atoms with van der Waals surface area (Å²) >= 11 is 0. The molecule has 0 aliphatic rings. The number of aromatic nitrogens is 8. The molecule has 8 nitrogen and oxygen atoms in total. The van der Waals surface area contributed by atoms with Crippen molar-refractivity contribution in [3.05, 3.63) is 437 Å². The maximum Gasteiger partial charge on any atom is 0.164 e. The third-order valence-electron chi connectivity index (χ3n) is 22.6. The minimum atomic E-state index is 0.624. The van der Waals surface area contributed by atoms with E-state index in [1.54, 1.807) is 0 Å². The van der Waals surface area contributed by atoms with Gasteiger partial charge in [-0.3, -0.25) is 4.98 Å². The van der Waals surface area contributed by atoms with E-state index in [0.29, 0.717) is 34.9 Å². The van der Waals surface area contributed by atoms with Gasteiger partial charge in [0.1, 0.15) is 0 Å². The Kier molecular flexibility index (Phi) is 18.8. The van der Waals surface area contributed by atoms with Crippen LogP contribution in [-0.2, 0) is 0 Å². The number of hydrogen-bond acceptors (Lipinski definition) is 8. The van der Waals surface area contributed by atoms with Gasteiger partial charge in [-0.2, -0.15) is 0 Å². The Bertz CT molecular complexity index is 7630. The predicted molar refractivity (Wildman–Crippen MR) is 496 cm³/mol. The van der Waals surface area contributed by atoms with E-state index in [-0.39, 0.29) is 0 Å². The molecular formula is C112H72N8. The van der Waals surface area contributed by atoms with Gasteiger partial charge in [0, 0.05) is 72.2 Å². The predicted octanol–water partition coefficient (Wildman–Crippen LogP) is 28.8. The van der Waals surface area contributed by atoms with E-state index in [0.717, 1.165) is 133 Å². The van der Waals surface area contributed by atoms with Gasteiger partial charge in [0.05, 0.1) is 16.7 Å². The SMILES string of the molecule is c1ccc(-c2ccc(-c3nc(-c4ccccc4)nc(-c4cccc(-c5cccc(-c6cccc(-c7cnc8c(ccc9c%10ccccc%10ccc98)c7)c6)c5)c4)n3)cc2)cc1.c1ccc(-c2ccc(-c3nc(-c4ccccc4)nc(-c4cccc(-c5cccc(-c6cccc(-c7nc8ccccc8c8ccc9ccccc9c78)c6)c5)c4)n3)cc2)cc1. The van der Waals surface area contributed by atoms with Crippen molar-refractivity contribution in [3.8, 4) is 157 Å². The van der Waals surface area contributed by atoms with Crippen LogP contribution in [0.15, 0.2) is 437 Å². The van der Waals surface area contributed by atoms with Crippen LogP contribution < -0.4 is 0 Å². The zero-order valence-electron chi connectivity index (χ0n) is 65.1. The van der Waals surface area contributed by atoms with Crippen LogP contribution in [0.1, 0.15) is 0 Å². The third kappa shape index (κ3) is 14.3. The van der Waals surface area contributed by atoms with Gasteiger partial charge in [-0.1, -0.05) is 382 Å². The van der Waals surface area contributed by atoms with Crippen LogP contribution in [0.25, 0.3) is 222 Å². The highest BCUT2D eigenvalue weighted by molar-refractivity contribution is 6.21. The number of benzene rings is 18. The second-order valence-corrected chi connectivity index (χ2v) is 30.1. The molecule has 0 amide bonds.